The number of benzene rings is 1. The second kappa shape index (κ2) is 8.30. The molecule has 0 spiro atoms. The van der Waals surface area contributed by atoms with Crippen LogP contribution in [0.1, 0.15) is 47.8 Å². The van der Waals surface area contributed by atoms with Crippen LogP contribution < -0.4 is 10.9 Å². The fraction of sp³-hybridized carbons (Fsp3) is 0.375. The van der Waals surface area contributed by atoms with Gasteiger partial charge in [0.05, 0.1) is 23.8 Å². The molecule has 31 heavy (non-hydrogen) atoms. The number of fused-ring (bicyclic) bond motifs is 3. The Morgan fingerprint density at radius 3 is 2.87 bits per heavy atom. The van der Waals surface area contributed by atoms with Crippen LogP contribution in [0.25, 0.3) is 10.2 Å². The van der Waals surface area contributed by atoms with E-state index in [-0.39, 0.29) is 5.56 Å². The summed E-state index contributed by atoms with van der Waals surface area (Å²) >= 11 is 1.69. The first kappa shape index (κ1) is 20.0. The first-order chi connectivity index (χ1) is 15.1. The van der Waals surface area contributed by atoms with Gasteiger partial charge in [-0.1, -0.05) is 31.2 Å². The van der Waals surface area contributed by atoms with Gasteiger partial charge in [0.15, 0.2) is 0 Å². The van der Waals surface area contributed by atoms with Gasteiger partial charge in [-0.05, 0) is 55.7 Å². The van der Waals surface area contributed by atoms with Crippen molar-refractivity contribution in [2.24, 2.45) is 0 Å². The van der Waals surface area contributed by atoms with E-state index in [0.717, 1.165) is 41.6 Å². The minimum Gasteiger partial charge on any atom is -0.323 e. The Morgan fingerprint density at radius 2 is 2.03 bits per heavy atom. The van der Waals surface area contributed by atoms with Crippen molar-refractivity contribution < 1.29 is 0 Å². The lowest BCUT2D eigenvalue weighted by Crippen LogP contribution is -2.24. The summed E-state index contributed by atoms with van der Waals surface area (Å²) in [6, 6.07) is 8.33. The number of aryl methyl sites for hydroxylation is 3. The van der Waals surface area contributed by atoms with Crippen molar-refractivity contribution in [3.63, 3.8) is 0 Å². The predicted molar refractivity (Wildman–Crippen MR) is 127 cm³/mol. The molecule has 0 atom stereocenters. The minimum absolute atomic E-state index is 0.0843. The van der Waals surface area contributed by atoms with Gasteiger partial charge < -0.3 is 5.32 Å². The molecule has 0 fully saturated rings. The van der Waals surface area contributed by atoms with Crippen LogP contribution in [0.4, 0.5) is 11.6 Å². The fourth-order valence-electron chi connectivity index (χ4n) is 4.37. The van der Waals surface area contributed by atoms with Gasteiger partial charge in [-0.25, -0.2) is 4.98 Å². The Hall–Kier alpha value is -2.93. The molecule has 1 N–H and O–H groups in total. The van der Waals surface area contributed by atoms with Gasteiger partial charge in [0, 0.05) is 17.6 Å². The molecule has 0 amide bonds. The summed E-state index contributed by atoms with van der Waals surface area (Å²) in [6.07, 6.45) is 9.07. The maximum absolute atomic E-state index is 13.4. The van der Waals surface area contributed by atoms with E-state index in [9.17, 15) is 4.79 Å². The van der Waals surface area contributed by atoms with Crippen LogP contribution in [-0.4, -0.2) is 19.3 Å². The summed E-state index contributed by atoms with van der Waals surface area (Å²) in [7, 11) is 0. The van der Waals surface area contributed by atoms with Crippen molar-refractivity contribution in [1.29, 1.82) is 0 Å². The molecule has 0 radical (unpaired) electrons. The molecule has 0 saturated heterocycles. The number of nitrogens with zero attached hydrogens (tertiary/aromatic N) is 4. The molecule has 0 unspecified atom stereocenters. The number of aromatic nitrogens is 4. The van der Waals surface area contributed by atoms with Crippen molar-refractivity contribution in [3.05, 3.63) is 68.6 Å². The monoisotopic (exact) mass is 433 g/mol. The van der Waals surface area contributed by atoms with E-state index in [4.69, 9.17) is 4.98 Å². The number of anilines is 2. The molecule has 5 rings (SSSR count). The standard InChI is InChI=1S/C24H27N5OS/c1-3-12-29-23(30)21-19-10-6-7-11-20(19)31-22(21)27-24(29)26-18-13-25-28(15-18)14-17-9-5-4-8-16(17)2/h4-5,8-9,13,15H,3,6-7,10-12,14H2,1-2H3,(H,26,27). The smallest absolute Gasteiger partial charge is 0.263 e. The molecule has 4 aromatic rings. The zero-order chi connectivity index (χ0) is 21.4. The summed E-state index contributed by atoms with van der Waals surface area (Å²) in [5.41, 5.74) is 4.65. The van der Waals surface area contributed by atoms with E-state index in [0.29, 0.717) is 19.0 Å². The van der Waals surface area contributed by atoms with Gasteiger partial charge in [0.25, 0.3) is 5.56 Å². The summed E-state index contributed by atoms with van der Waals surface area (Å²) < 4.78 is 3.71. The van der Waals surface area contributed by atoms with Gasteiger partial charge in [0.1, 0.15) is 4.83 Å². The van der Waals surface area contributed by atoms with Crippen LogP contribution in [-0.2, 0) is 25.9 Å². The normalized spacial score (nSPS) is 13.5. The third kappa shape index (κ3) is 3.78. The van der Waals surface area contributed by atoms with Crippen molar-refractivity contribution in [2.45, 2.75) is 59.0 Å². The third-order valence-corrected chi connectivity index (χ3v) is 7.19. The Kier molecular flexibility index (Phi) is 5.36. The fourth-order valence-corrected chi connectivity index (χ4v) is 5.62. The van der Waals surface area contributed by atoms with E-state index in [1.807, 2.05) is 23.0 Å². The Balaban J connectivity index is 1.49. The summed E-state index contributed by atoms with van der Waals surface area (Å²) in [6.45, 7) is 5.55. The topological polar surface area (TPSA) is 64.7 Å². The Bertz CT molecular complexity index is 1300. The third-order valence-electron chi connectivity index (χ3n) is 6.01. The van der Waals surface area contributed by atoms with E-state index >= 15 is 0 Å². The molecule has 160 valence electrons. The number of hydrogen-bond acceptors (Lipinski definition) is 5. The van der Waals surface area contributed by atoms with Crippen molar-refractivity contribution in [1.82, 2.24) is 19.3 Å². The second-order valence-corrected chi connectivity index (χ2v) is 9.34. The largest absolute Gasteiger partial charge is 0.323 e. The summed E-state index contributed by atoms with van der Waals surface area (Å²) in [5, 5.41) is 8.71. The lowest BCUT2D eigenvalue weighted by Gasteiger charge is -2.13. The molecule has 0 aliphatic heterocycles. The van der Waals surface area contributed by atoms with Crippen molar-refractivity contribution in [3.8, 4) is 0 Å². The summed E-state index contributed by atoms with van der Waals surface area (Å²) in [4.78, 5) is 20.5. The highest BCUT2D eigenvalue weighted by Crippen LogP contribution is 2.34. The quantitative estimate of drug-likeness (QED) is 0.462. The Morgan fingerprint density at radius 1 is 1.19 bits per heavy atom. The molecule has 6 nitrogen and oxygen atoms in total. The number of nitrogens with one attached hydrogen (secondary N) is 1. The lowest BCUT2D eigenvalue weighted by atomic mass is 9.97. The number of rotatable bonds is 6. The first-order valence-electron chi connectivity index (χ1n) is 11.0. The minimum atomic E-state index is 0.0843. The number of hydrogen-bond donors (Lipinski definition) is 1. The highest BCUT2D eigenvalue weighted by atomic mass is 32.1. The summed E-state index contributed by atoms with van der Waals surface area (Å²) in [5.74, 6) is 0.605. The molecule has 7 heteroatoms. The molecule has 1 aromatic carbocycles. The maximum Gasteiger partial charge on any atom is 0.263 e. The first-order valence-corrected chi connectivity index (χ1v) is 11.8. The van der Waals surface area contributed by atoms with E-state index in [2.05, 4.69) is 36.4 Å². The average Bonchev–Trinajstić information content (AvgIpc) is 3.36. The SMILES string of the molecule is CCCn1c(Nc2cnn(Cc3ccccc3C)c2)nc2sc3c(c2c1=O)CCCC3. The lowest BCUT2D eigenvalue weighted by molar-refractivity contribution is 0.655. The predicted octanol–water partition coefficient (Wildman–Crippen LogP) is 5.04. The molecule has 3 heterocycles. The number of thiophene rings is 1. The van der Waals surface area contributed by atoms with Crippen LogP contribution >= 0.6 is 11.3 Å². The van der Waals surface area contributed by atoms with Gasteiger partial charge in [-0.15, -0.1) is 11.3 Å². The molecule has 0 bridgehead atoms. The second-order valence-electron chi connectivity index (χ2n) is 8.26. The maximum atomic E-state index is 13.4. The zero-order valence-corrected chi connectivity index (χ0v) is 18.8. The van der Waals surface area contributed by atoms with Gasteiger partial charge in [-0.2, -0.15) is 5.10 Å². The van der Waals surface area contributed by atoms with Crippen LogP contribution in [0.2, 0.25) is 0 Å². The van der Waals surface area contributed by atoms with Crippen LogP contribution in [0.15, 0.2) is 41.5 Å². The van der Waals surface area contributed by atoms with Crippen molar-refractivity contribution in [2.75, 3.05) is 5.32 Å². The van der Waals surface area contributed by atoms with Crippen LogP contribution in [0, 0.1) is 6.92 Å². The van der Waals surface area contributed by atoms with E-state index in [1.54, 1.807) is 22.1 Å². The Labute approximate surface area is 185 Å². The van der Waals surface area contributed by atoms with Crippen LogP contribution in [0.5, 0.6) is 0 Å². The molecule has 0 saturated carbocycles. The average molecular weight is 434 g/mol. The van der Waals surface area contributed by atoms with Crippen molar-refractivity contribution >= 4 is 33.2 Å². The van der Waals surface area contributed by atoms with Gasteiger partial charge in [-0.3, -0.25) is 14.0 Å². The van der Waals surface area contributed by atoms with Crippen LogP contribution in [0.3, 0.4) is 0 Å². The molecule has 3 aromatic heterocycles. The molecular weight excluding hydrogens is 406 g/mol. The molecular formula is C24H27N5OS. The van der Waals surface area contributed by atoms with Gasteiger partial charge >= 0.3 is 0 Å². The molecule has 1 aliphatic carbocycles. The highest BCUT2D eigenvalue weighted by Gasteiger charge is 2.22. The van der Waals surface area contributed by atoms with E-state index < -0.39 is 0 Å². The van der Waals surface area contributed by atoms with Gasteiger partial charge in [0.2, 0.25) is 5.95 Å². The molecule has 1 aliphatic rings. The highest BCUT2D eigenvalue weighted by molar-refractivity contribution is 7.18. The zero-order valence-electron chi connectivity index (χ0n) is 18.0. The van der Waals surface area contributed by atoms with E-state index in [1.165, 1.54) is 28.0 Å².